The summed E-state index contributed by atoms with van der Waals surface area (Å²) < 4.78 is 17.2. The Morgan fingerprint density at radius 1 is 1.18 bits per heavy atom. The summed E-state index contributed by atoms with van der Waals surface area (Å²) in [5.41, 5.74) is 1.64. The Labute approximate surface area is 166 Å². The monoisotopic (exact) mass is 384 g/mol. The number of Topliss-reactive ketones (excluding diaryl/α,β-unsaturated/α-hetero) is 1. The van der Waals surface area contributed by atoms with Gasteiger partial charge in [-0.3, -0.25) is 4.79 Å². The normalized spacial score (nSPS) is 24.4. The minimum Gasteiger partial charge on any atom is -0.497 e. The van der Waals surface area contributed by atoms with Gasteiger partial charge in [-0.05, 0) is 17.7 Å². The van der Waals surface area contributed by atoms with Crippen LogP contribution in [0.1, 0.15) is 43.8 Å². The third-order valence-corrected chi connectivity index (χ3v) is 5.32. The first-order valence-corrected chi connectivity index (χ1v) is 9.66. The maximum Gasteiger partial charge on any atom is 0.184 e. The summed E-state index contributed by atoms with van der Waals surface area (Å²) in [6, 6.07) is 16.8. The highest BCUT2D eigenvalue weighted by Crippen LogP contribution is 2.34. The van der Waals surface area contributed by atoms with Gasteiger partial charge in [-0.15, -0.1) is 0 Å². The molecule has 3 rings (SSSR count). The van der Waals surface area contributed by atoms with Gasteiger partial charge in [-0.2, -0.15) is 0 Å². The molecule has 1 N–H and O–H groups in total. The highest BCUT2D eigenvalue weighted by atomic mass is 16.7. The fourth-order valence-electron chi connectivity index (χ4n) is 3.55. The second-order valence-electron chi connectivity index (χ2n) is 7.40. The van der Waals surface area contributed by atoms with Crippen molar-refractivity contribution in [3.8, 4) is 5.75 Å². The minimum absolute atomic E-state index is 0.0106. The first-order valence-electron chi connectivity index (χ1n) is 9.66. The predicted octanol–water partition coefficient (Wildman–Crippen LogP) is 4.07. The van der Waals surface area contributed by atoms with Gasteiger partial charge in [0, 0.05) is 23.8 Å². The maximum atomic E-state index is 12.8. The zero-order valence-electron chi connectivity index (χ0n) is 16.6. The standard InChI is InChI=1S/C23H28O5/c1-15-14-27-23(18-9-11-19(26-3)12-10-18)28-22(15)16(2)20(24)13-21(25)17-7-5-4-6-8-17/h4-12,15-16,21-23,25H,13-14H2,1-3H3/t15-,16-,21+,22-,23-/m0/s1. The van der Waals surface area contributed by atoms with Gasteiger partial charge in [0.1, 0.15) is 11.5 Å². The lowest BCUT2D eigenvalue weighted by Crippen LogP contribution is -2.41. The Morgan fingerprint density at radius 3 is 2.50 bits per heavy atom. The number of hydrogen-bond donors (Lipinski definition) is 1. The molecule has 5 nitrogen and oxygen atoms in total. The van der Waals surface area contributed by atoms with Crippen molar-refractivity contribution in [2.24, 2.45) is 11.8 Å². The SMILES string of the molecule is COc1ccc([C@H]2OC[C@H](C)[C@@H]([C@@H](C)C(=O)C[C@@H](O)c3ccccc3)O2)cc1. The Bertz CT molecular complexity index is 758. The van der Waals surface area contributed by atoms with E-state index in [0.717, 1.165) is 16.9 Å². The zero-order chi connectivity index (χ0) is 20.1. The Morgan fingerprint density at radius 2 is 1.86 bits per heavy atom. The van der Waals surface area contributed by atoms with Crippen molar-refractivity contribution < 1.29 is 24.1 Å². The molecule has 0 aromatic heterocycles. The van der Waals surface area contributed by atoms with E-state index < -0.39 is 12.4 Å². The van der Waals surface area contributed by atoms with Gasteiger partial charge in [0.05, 0.1) is 25.9 Å². The lowest BCUT2D eigenvalue weighted by molar-refractivity contribution is -0.247. The van der Waals surface area contributed by atoms with Gasteiger partial charge < -0.3 is 19.3 Å². The maximum absolute atomic E-state index is 12.8. The van der Waals surface area contributed by atoms with Crippen LogP contribution in [0.15, 0.2) is 54.6 Å². The number of hydrogen-bond acceptors (Lipinski definition) is 5. The van der Waals surface area contributed by atoms with Crippen LogP contribution in [0.4, 0.5) is 0 Å². The number of methoxy groups -OCH3 is 1. The number of aliphatic hydroxyl groups is 1. The summed E-state index contributed by atoms with van der Waals surface area (Å²) in [6.45, 7) is 4.41. The van der Waals surface area contributed by atoms with Gasteiger partial charge in [-0.1, -0.05) is 56.3 Å². The second kappa shape index (κ2) is 9.32. The van der Waals surface area contributed by atoms with Crippen LogP contribution in [0, 0.1) is 11.8 Å². The van der Waals surface area contributed by atoms with E-state index in [1.54, 1.807) is 7.11 Å². The second-order valence-corrected chi connectivity index (χ2v) is 7.40. The number of aliphatic hydroxyl groups excluding tert-OH is 1. The number of carbonyl (C=O) groups is 1. The van der Waals surface area contributed by atoms with Crippen molar-refractivity contribution in [1.29, 1.82) is 0 Å². The van der Waals surface area contributed by atoms with Crippen LogP contribution in [0.25, 0.3) is 0 Å². The van der Waals surface area contributed by atoms with Gasteiger partial charge in [0.2, 0.25) is 0 Å². The van der Waals surface area contributed by atoms with Crippen LogP contribution in [-0.2, 0) is 14.3 Å². The van der Waals surface area contributed by atoms with Crippen LogP contribution in [0.3, 0.4) is 0 Å². The Balaban J connectivity index is 1.65. The van der Waals surface area contributed by atoms with E-state index in [-0.39, 0.29) is 30.1 Å². The summed E-state index contributed by atoms with van der Waals surface area (Å²) in [5.74, 6) is 0.506. The van der Waals surface area contributed by atoms with Crippen molar-refractivity contribution in [2.45, 2.75) is 38.8 Å². The van der Waals surface area contributed by atoms with Crippen LogP contribution in [-0.4, -0.2) is 30.7 Å². The van der Waals surface area contributed by atoms with E-state index >= 15 is 0 Å². The molecule has 1 saturated heterocycles. The molecule has 2 aromatic carbocycles. The van der Waals surface area contributed by atoms with E-state index in [0.29, 0.717) is 6.61 Å². The van der Waals surface area contributed by atoms with Crippen molar-refractivity contribution in [3.63, 3.8) is 0 Å². The summed E-state index contributed by atoms with van der Waals surface area (Å²) in [7, 11) is 1.62. The average Bonchev–Trinajstić information content (AvgIpc) is 2.74. The van der Waals surface area contributed by atoms with Crippen LogP contribution >= 0.6 is 0 Å². The number of ketones is 1. The summed E-state index contributed by atoms with van der Waals surface area (Å²) in [6.07, 6.45) is -1.51. The van der Waals surface area contributed by atoms with Crippen LogP contribution in [0.2, 0.25) is 0 Å². The molecular formula is C23H28O5. The van der Waals surface area contributed by atoms with Crippen LogP contribution in [0.5, 0.6) is 5.75 Å². The van der Waals surface area contributed by atoms with E-state index in [4.69, 9.17) is 14.2 Å². The number of rotatable bonds is 7. The molecule has 0 radical (unpaired) electrons. The third kappa shape index (κ3) is 4.79. The number of carbonyl (C=O) groups excluding carboxylic acids is 1. The molecule has 0 saturated carbocycles. The van der Waals surface area contributed by atoms with Crippen LogP contribution < -0.4 is 4.74 Å². The van der Waals surface area contributed by atoms with E-state index in [2.05, 4.69) is 0 Å². The molecule has 0 bridgehead atoms. The van der Waals surface area contributed by atoms with Crippen molar-refractivity contribution in [3.05, 3.63) is 65.7 Å². The smallest absolute Gasteiger partial charge is 0.184 e. The first-order chi connectivity index (χ1) is 13.5. The molecule has 2 aromatic rings. The van der Waals surface area contributed by atoms with Crippen molar-refractivity contribution in [1.82, 2.24) is 0 Å². The Hall–Kier alpha value is -2.21. The van der Waals surface area contributed by atoms with Gasteiger partial charge in [0.15, 0.2) is 6.29 Å². The first kappa shape index (κ1) is 20.5. The molecule has 0 spiro atoms. The molecule has 1 aliphatic rings. The molecule has 0 amide bonds. The van der Waals surface area contributed by atoms with Crippen molar-refractivity contribution in [2.75, 3.05) is 13.7 Å². The molecule has 1 fully saturated rings. The molecule has 1 aliphatic heterocycles. The fraction of sp³-hybridized carbons (Fsp3) is 0.435. The Kier molecular flexibility index (Phi) is 6.83. The van der Waals surface area contributed by atoms with Crippen molar-refractivity contribution >= 4 is 5.78 Å². The van der Waals surface area contributed by atoms with E-state index in [9.17, 15) is 9.90 Å². The molecule has 0 unspecified atom stereocenters. The highest BCUT2D eigenvalue weighted by molar-refractivity contribution is 5.81. The van der Waals surface area contributed by atoms with E-state index in [1.807, 2.05) is 68.4 Å². The average molecular weight is 384 g/mol. The minimum atomic E-state index is -0.802. The molecule has 5 atom stereocenters. The lowest BCUT2D eigenvalue weighted by atomic mass is 9.87. The topological polar surface area (TPSA) is 65.0 Å². The van der Waals surface area contributed by atoms with E-state index in [1.165, 1.54) is 0 Å². The summed E-state index contributed by atoms with van der Waals surface area (Å²) >= 11 is 0. The quantitative estimate of drug-likeness (QED) is 0.779. The molecule has 150 valence electrons. The fourth-order valence-corrected chi connectivity index (χ4v) is 3.55. The zero-order valence-corrected chi connectivity index (χ0v) is 16.6. The molecule has 0 aliphatic carbocycles. The van der Waals surface area contributed by atoms with Gasteiger partial charge >= 0.3 is 0 Å². The molecular weight excluding hydrogens is 356 g/mol. The number of ether oxygens (including phenoxy) is 3. The van der Waals surface area contributed by atoms with Gasteiger partial charge in [0.25, 0.3) is 0 Å². The largest absolute Gasteiger partial charge is 0.497 e. The number of benzene rings is 2. The summed E-state index contributed by atoms with van der Waals surface area (Å²) in [5, 5.41) is 10.4. The third-order valence-electron chi connectivity index (χ3n) is 5.32. The highest BCUT2D eigenvalue weighted by Gasteiger charge is 2.37. The molecule has 5 heteroatoms. The molecule has 1 heterocycles. The summed E-state index contributed by atoms with van der Waals surface area (Å²) in [4.78, 5) is 12.8. The molecule has 28 heavy (non-hydrogen) atoms. The van der Waals surface area contributed by atoms with Gasteiger partial charge in [-0.25, -0.2) is 0 Å². The predicted molar refractivity (Wildman–Crippen MR) is 106 cm³/mol. The lowest BCUT2D eigenvalue weighted by Gasteiger charge is -2.38.